The predicted molar refractivity (Wildman–Crippen MR) is 119 cm³/mol. The van der Waals surface area contributed by atoms with Crippen LogP contribution in [0.4, 0.5) is 22.9 Å². The van der Waals surface area contributed by atoms with E-state index in [2.05, 4.69) is 52.3 Å². The summed E-state index contributed by atoms with van der Waals surface area (Å²) in [6.07, 6.45) is 3.04. The van der Waals surface area contributed by atoms with Crippen molar-refractivity contribution in [3.05, 3.63) is 71.7 Å². The highest BCUT2D eigenvalue weighted by Gasteiger charge is 2.10. The number of nitrogens with one attached hydrogen (secondary N) is 2. The van der Waals surface area contributed by atoms with Crippen LogP contribution in [0, 0.1) is 13.8 Å². The van der Waals surface area contributed by atoms with E-state index in [1.807, 2.05) is 43.3 Å². The average Bonchev–Trinajstić information content (AvgIpc) is 2.73. The lowest BCUT2D eigenvalue weighted by Gasteiger charge is -2.21. The number of rotatable bonds is 7. The Balaban J connectivity index is 1.64. The lowest BCUT2D eigenvalue weighted by Crippen LogP contribution is -2.21. The minimum Gasteiger partial charge on any atom is -0.372 e. The molecule has 6 heteroatoms. The van der Waals surface area contributed by atoms with Crippen molar-refractivity contribution in [3.63, 3.8) is 0 Å². The second-order valence-electron chi connectivity index (χ2n) is 6.90. The zero-order valence-electron chi connectivity index (χ0n) is 17.4. The van der Waals surface area contributed by atoms with Crippen LogP contribution in [-0.4, -0.2) is 29.0 Å². The van der Waals surface area contributed by atoms with Gasteiger partial charge in [-0.2, -0.15) is 0 Å². The summed E-state index contributed by atoms with van der Waals surface area (Å²) in [4.78, 5) is 23.3. The van der Waals surface area contributed by atoms with Crippen molar-refractivity contribution in [2.75, 3.05) is 28.6 Å². The Labute approximate surface area is 172 Å². The second kappa shape index (κ2) is 9.19. The first-order chi connectivity index (χ1) is 14.0. The van der Waals surface area contributed by atoms with Gasteiger partial charge in [-0.25, -0.2) is 9.97 Å². The maximum atomic E-state index is 12.5. The number of anilines is 4. The molecule has 0 fully saturated rings. The third-order valence-electron chi connectivity index (χ3n) is 4.78. The van der Waals surface area contributed by atoms with Crippen LogP contribution in [0.1, 0.15) is 35.5 Å². The SMILES string of the molecule is CCN(CC)c1ccc(NC(=O)c2cnc(Nc3ccc(C)cc3C)cn2)cc1. The summed E-state index contributed by atoms with van der Waals surface area (Å²) >= 11 is 0. The van der Waals surface area contributed by atoms with E-state index in [1.165, 1.54) is 11.8 Å². The zero-order chi connectivity index (χ0) is 20.8. The lowest BCUT2D eigenvalue weighted by atomic mass is 10.1. The van der Waals surface area contributed by atoms with Crippen molar-refractivity contribution in [1.82, 2.24) is 9.97 Å². The molecule has 29 heavy (non-hydrogen) atoms. The van der Waals surface area contributed by atoms with E-state index in [9.17, 15) is 4.79 Å². The molecule has 6 nitrogen and oxygen atoms in total. The fourth-order valence-electron chi connectivity index (χ4n) is 3.14. The molecule has 0 atom stereocenters. The number of carbonyl (C=O) groups is 1. The summed E-state index contributed by atoms with van der Waals surface area (Å²) in [7, 11) is 0. The van der Waals surface area contributed by atoms with E-state index in [0.29, 0.717) is 5.82 Å². The summed E-state index contributed by atoms with van der Waals surface area (Å²) in [5.74, 6) is 0.309. The quantitative estimate of drug-likeness (QED) is 0.599. The third kappa shape index (κ3) is 5.10. The van der Waals surface area contributed by atoms with Crippen molar-refractivity contribution in [2.24, 2.45) is 0 Å². The van der Waals surface area contributed by atoms with Gasteiger partial charge in [-0.05, 0) is 63.6 Å². The van der Waals surface area contributed by atoms with Crippen LogP contribution in [0.5, 0.6) is 0 Å². The van der Waals surface area contributed by atoms with Crippen LogP contribution in [-0.2, 0) is 0 Å². The molecule has 1 heterocycles. The maximum Gasteiger partial charge on any atom is 0.275 e. The monoisotopic (exact) mass is 389 g/mol. The molecular formula is C23H27N5O. The van der Waals surface area contributed by atoms with Crippen LogP contribution in [0.2, 0.25) is 0 Å². The normalized spacial score (nSPS) is 10.5. The molecule has 0 saturated carbocycles. The number of benzene rings is 2. The van der Waals surface area contributed by atoms with Crippen LogP contribution in [0.25, 0.3) is 0 Å². The topological polar surface area (TPSA) is 70.2 Å². The van der Waals surface area contributed by atoms with Gasteiger partial charge in [-0.15, -0.1) is 0 Å². The van der Waals surface area contributed by atoms with Gasteiger partial charge in [0, 0.05) is 30.2 Å². The van der Waals surface area contributed by atoms with Gasteiger partial charge in [0.25, 0.3) is 5.91 Å². The summed E-state index contributed by atoms with van der Waals surface area (Å²) in [6, 6.07) is 14.0. The Morgan fingerprint density at radius 1 is 0.966 bits per heavy atom. The molecule has 0 aliphatic carbocycles. The van der Waals surface area contributed by atoms with Gasteiger partial charge in [0.15, 0.2) is 0 Å². The van der Waals surface area contributed by atoms with Gasteiger partial charge in [0.1, 0.15) is 11.5 Å². The molecular weight excluding hydrogens is 362 g/mol. The van der Waals surface area contributed by atoms with Crippen molar-refractivity contribution in [1.29, 1.82) is 0 Å². The second-order valence-corrected chi connectivity index (χ2v) is 6.90. The Bertz CT molecular complexity index is 964. The molecule has 2 aromatic carbocycles. The molecule has 0 radical (unpaired) electrons. The number of hydrogen-bond donors (Lipinski definition) is 2. The summed E-state index contributed by atoms with van der Waals surface area (Å²) < 4.78 is 0. The molecule has 0 aliphatic heterocycles. The molecule has 0 spiro atoms. The van der Waals surface area contributed by atoms with Gasteiger partial charge in [0.2, 0.25) is 0 Å². The molecule has 0 saturated heterocycles. The van der Waals surface area contributed by atoms with Crippen molar-refractivity contribution >= 4 is 28.8 Å². The minimum absolute atomic E-state index is 0.268. The molecule has 150 valence electrons. The number of hydrogen-bond acceptors (Lipinski definition) is 5. The average molecular weight is 390 g/mol. The molecule has 0 aliphatic rings. The highest BCUT2D eigenvalue weighted by Crippen LogP contribution is 2.20. The molecule has 3 aromatic rings. The van der Waals surface area contributed by atoms with Crippen LogP contribution < -0.4 is 15.5 Å². The molecule has 0 unspecified atom stereocenters. The van der Waals surface area contributed by atoms with E-state index in [4.69, 9.17) is 0 Å². The van der Waals surface area contributed by atoms with Crippen molar-refractivity contribution < 1.29 is 4.79 Å². The highest BCUT2D eigenvalue weighted by atomic mass is 16.1. The van der Waals surface area contributed by atoms with E-state index in [1.54, 1.807) is 6.20 Å². The largest absolute Gasteiger partial charge is 0.372 e. The maximum absolute atomic E-state index is 12.5. The molecule has 2 N–H and O–H groups in total. The highest BCUT2D eigenvalue weighted by molar-refractivity contribution is 6.02. The van der Waals surface area contributed by atoms with Gasteiger partial charge in [-0.1, -0.05) is 17.7 Å². The van der Waals surface area contributed by atoms with E-state index in [-0.39, 0.29) is 11.6 Å². The van der Waals surface area contributed by atoms with Crippen molar-refractivity contribution in [2.45, 2.75) is 27.7 Å². The first kappa shape index (κ1) is 20.3. The lowest BCUT2D eigenvalue weighted by molar-refractivity contribution is 0.102. The van der Waals surface area contributed by atoms with E-state index in [0.717, 1.165) is 35.7 Å². The molecule has 0 bridgehead atoms. The van der Waals surface area contributed by atoms with Crippen molar-refractivity contribution in [3.8, 4) is 0 Å². The molecule has 1 amide bonds. The van der Waals surface area contributed by atoms with Gasteiger partial charge >= 0.3 is 0 Å². The van der Waals surface area contributed by atoms with E-state index >= 15 is 0 Å². The Kier molecular flexibility index (Phi) is 6.44. The smallest absolute Gasteiger partial charge is 0.275 e. The third-order valence-corrected chi connectivity index (χ3v) is 4.78. The zero-order valence-corrected chi connectivity index (χ0v) is 17.4. The van der Waals surface area contributed by atoms with E-state index < -0.39 is 0 Å². The Hall–Kier alpha value is -3.41. The molecule has 3 rings (SSSR count). The summed E-state index contributed by atoms with van der Waals surface area (Å²) in [5.41, 5.74) is 5.43. The number of carbonyl (C=O) groups excluding carboxylic acids is 1. The number of amides is 1. The first-order valence-corrected chi connectivity index (χ1v) is 9.82. The Morgan fingerprint density at radius 3 is 2.28 bits per heavy atom. The minimum atomic E-state index is -0.286. The Morgan fingerprint density at radius 2 is 1.69 bits per heavy atom. The van der Waals surface area contributed by atoms with Crippen LogP contribution >= 0.6 is 0 Å². The number of aromatic nitrogens is 2. The number of nitrogens with zero attached hydrogens (tertiary/aromatic N) is 3. The van der Waals surface area contributed by atoms with Gasteiger partial charge < -0.3 is 15.5 Å². The van der Waals surface area contributed by atoms with Gasteiger partial charge in [-0.3, -0.25) is 4.79 Å². The predicted octanol–water partition coefficient (Wildman–Crippen LogP) is 4.94. The fourth-order valence-corrected chi connectivity index (χ4v) is 3.14. The standard InChI is InChI=1S/C23H27N5O/c1-5-28(6-2)19-10-8-18(9-11-19)26-23(29)21-14-25-22(15-24-21)27-20-12-7-16(3)13-17(20)4/h7-15H,5-6H2,1-4H3,(H,25,27)(H,26,29). The summed E-state index contributed by atoms with van der Waals surface area (Å²) in [6.45, 7) is 10.2. The first-order valence-electron chi connectivity index (χ1n) is 9.82. The fraction of sp³-hybridized carbons (Fsp3) is 0.261. The summed E-state index contributed by atoms with van der Waals surface area (Å²) in [5, 5.41) is 6.10. The van der Waals surface area contributed by atoms with Crippen LogP contribution in [0.3, 0.4) is 0 Å². The number of aryl methyl sites for hydroxylation is 2. The van der Waals surface area contributed by atoms with Gasteiger partial charge in [0.05, 0.1) is 12.4 Å². The van der Waals surface area contributed by atoms with Crippen LogP contribution in [0.15, 0.2) is 54.9 Å². The molecule has 1 aromatic heterocycles.